The highest BCUT2D eigenvalue weighted by molar-refractivity contribution is 5.83. The Bertz CT molecular complexity index is 639. The Morgan fingerprint density at radius 2 is 2.25 bits per heavy atom. The molecule has 1 aromatic carbocycles. The van der Waals surface area contributed by atoms with Crippen molar-refractivity contribution >= 4 is 16.8 Å². The van der Waals surface area contributed by atoms with Crippen molar-refractivity contribution < 1.29 is 4.79 Å². The third-order valence-corrected chi connectivity index (χ3v) is 3.09. The first-order valence-corrected chi connectivity index (χ1v) is 6.60. The molecule has 1 heterocycles. The summed E-state index contributed by atoms with van der Waals surface area (Å²) in [4.78, 5) is 11.8. The van der Waals surface area contributed by atoms with Crippen LogP contribution in [0.2, 0.25) is 0 Å². The lowest BCUT2D eigenvalue weighted by Crippen LogP contribution is -2.28. The van der Waals surface area contributed by atoms with Crippen LogP contribution in [0.4, 0.5) is 0 Å². The van der Waals surface area contributed by atoms with Gasteiger partial charge in [0.05, 0.1) is 12.5 Å². The van der Waals surface area contributed by atoms with E-state index in [-0.39, 0.29) is 12.5 Å². The first-order chi connectivity index (χ1) is 9.74. The smallest absolute Gasteiger partial charge is 0.239 e. The fraction of sp³-hybridized carbons (Fsp3) is 0.333. The van der Waals surface area contributed by atoms with Gasteiger partial charge < -0.3 is 15.2 Å². The summed E-state index contributed by atoms with van der Waals surface area (Å²) in [5, 5.41) is 15.4. The third-order valence-electron chi connectivity index (χ3n) is 3.09. The van der Waals surface area contributed by atoms with Crippen LogP contribution in [0.5, 0.6) is 0 Å². The highest BCUT2D eigenvalue weighted by Gasteiger charge is 2.06. The van der Waals surface area contributed by atoms with Crippen LogP contribution < -0.4 is 10.6 Å². The maximum absolute atomic E-state index is 11.8. The number of carbonyl (C=O) groups excluding carboxylic acids is 1. The number of nitriles is 1. The predicted molar refractivity (Wildman–Crippen MR) is 77.9 cm³/mol. The summed E-state index contributed by atoms with van der Waals surface area (Å²) in [5.74, 6) is -0.0724. The van der Waals surface area contributed by atoms with Crippen molar-refractivity contribution in [3.05, 3.63) is 36.0 Å². The first-order valence-electron chi connectivity index (χ1n) is 6.60. The lowest BCUT2D eigenvalue weighted by atomic mass is 10.1. The van der Waals surface area contributed by atoms with Gasteiger partial charge >= 0.3 is 0 Å². The Morgan fingerprint density at radius 3 is 3.00 bits per heavy atom. The Hall–Kier alpha value is -2.32. The number of aromatic nitrogens is 1. The zero-order valence-corrected chi connectivity index (χ0v) is 11.5. The molecule has 0 atom stereocenters. The molecule has 0 aliphatic heterocycles. The molecule has 0 fully saturated rings. The minimum atomic E-state index is -0.0724. The van der Waals surface area contributed by atoms with Crippen molar-refractivity contribution in [3.63, 3.8) is 0 Å². The van der Waals surface area contributed by atoms with E-state index in [1.807, 2.05) is 29.9 Å². The Labute approximate surface area is 118 Å². The molecule has 1 aromatic heterocycles. The van der Waals surface area contributed by atoms with Gasteiger partial charge in [0, 0.05) is 24.8 Å². The number of benzene rings is 1. The lowest BCUT2D eigenvalue weighted by molar-refractivity contribution is -0.121. The van der Waals surface area contributed by atoms with E-state index in [2.05, 4.69) is 28.8 Å². The number of hydrogen-bond acceptors (Lipinski definition) is 3. The molecule has 0 aliphatic rings. The third kappa shape index (κ3) is 3.37. The van der Waals surface area contributed by atoms with Gasteiger partial charge in [-0.15, -0.1) is 0 Å². The van der Waals surface area contributed by atoms with Gasteiger partial charge in [-0.3, -0.25) is 4.79 Å². The predicted octanol–water partition coefficient (Wildman–Crippen LogP) is 1.39. The van der Waals surface area contributed by atoms with Gasteiger partial charge in [-0.25, -0.2) is 0 Å². The molecule has 2 N–H and O–H groups in total. The standard InChI is InChI=1S/C15H18N4O/c1-17-10-12-3-4-13-5-8-19(14(13)9-12)11-15(20)18-7-2-6-16/h3-5,8-9,17H,2,7,10-11H2,1H3,(H,18,20). The number of nitrogens with zero attached hydrogens (tertiary/aromatic N) is 2. The van der Waals surface area contributed by atoms with Gasteiger partial charge in [0.15, 0.2) is 0 Å². The summed E-state index contributed by atoms with van der Waals surface area (Å²) >= 11 is 0. The Kier molecular flexibility index (Phi) is 4.75. The van der Waals surface area contributed by atoms with Crippen molar-refractivity contribution in [3.8, 4) is 6.07 Å². The molecule has 104 valence electrons. The monoisotopic (exact) mass is 270 g/mol. The molecule has 5 heteroatoms. The molecule has 0 aliphatic carbocycles. The molecule has 0 radical (unpaired) electrons. The summed E-state index contributed by atoms with van der Waals surface area (Å²) in [7, 11) is 1.91. The van der Waals surface area contributed by atoms with Crippen LogP contribution in [-0.2, 0) is 17.9 Å². The van der Waals surface area contributed by atoms with Crippen LogP contribution in [0.15, 0.2) is 30.5 Å². The highest BCUT2D eigenvalue weighted by Crippen LogP contribution is 2.17. The molecular formula is C15H18N4O. The molecule has 0 bridgehead atoms. The molecule has 0 saturated heterocycles. The average Bonchev–Trinajstić information content (AvgIpc) is 2.82. The average molecular weight is 270 g/mol. The van der Waals surface area contributed by atoms with Crippen molar-refractivity contribution in [1.29, 1.82) is 5.26 Å². The van der Waals surface area contributed by atoms with E-state index in [1.54, 1.807) is 0 Å². The van der Waals surface area contributed by atoms with Gasteiger partial charge in [-0.1, -0.05) is 12.1 Å². The summed E-state index contributed by atoms with van der Waals surface area (Å²) in [6.07, 6.45) is 2.25. The van der Waals surface area contributed by atoms with E-state index in [0.717, 1.165) is 17.4 Å². The maximum atomic E-state index is 11.8. The minimum Gasteiger partial charge on any atom is -0.354 e. The van der Waals surface area contributed by atoms with E-state index in [1.165, 1.54) is 5.56 Å². The molecule has 2 aromatic rings. The molecule has 20 heavy (non-hydrogen) atoms. The number of fused-ring (bicyclic) bond motifs is 1. The SMILES string of the molecule is CNCc1ccc2ccn(CC(=O)NCCC#N)c2c1. The molecule has 0 unspecified atom stereocenters. The Balaban J connectivity index is 2.11. The second-order valence-electron chi connectivity index (χ2n) is 4.63. The van der Waals surface area contributed by atoms with Crippen LogP contribution in [0.25, 0.3) is 10.9 Å². The van der Waals surface area contributed by atoms with Crippen molar-refractivity contribution in [2.45, 2.75) is 19.5 Å². The van der Waals surface area contributed by atoms with Gasteiger partial charge in [0.1, 0.15) is 6.54 Å². The molecule has 2 rings (SSSR count). The lowest BCUT2D eigenvalue weighted by Gasteiger charge is -2.07. The minimum absolute atomic E-state index is 0.0724. The molecular weight excluding hydrogens is 252 g/mol. The van der Waals surface area contributed by atoms with E-state index < -0.39 is 0 Å². The van der Waals surface area contributed by atoms with Crippen LogP contribution >= 0.6 is 0 Å². The summed E-state index contributed by atoms with van der Waals surface area (Å²) < 4.78 is 1.93. The van der Waals surface area contributed by atoms with Crippen LogP contribution in [0.3, 0.4) is 0 Å². The highest BCUT2D eigenvalue weighted by atomic mass is 16.1. The quantitative estimate of drug-likeness (QED) is 0.779. The maximum Gasteiger partial charge on any atom is 0.239 e. The largest absolute Gasteiger partial charge is 0.354 e. The van der Waals surface area contributed by atoms with Crippen LogP contribution in [-0.4, -0.2) is 24.1 Å². The number of hydrogen-bond donors (Lipinski definition) is 2. The second kappa shape index (κ2) is 6.73. The number of carbonyl (C=O) groups is 1. The van der Waals surface area contributed by atoms with Crippen molar-refractivity contribution in [1.82, 2.24) is 15.2 Å². The number of rotatable bonds is 6. The van der Waals surface area contributed by atoms with Crippen LogP contribution in [0, 0.1) is 11.3 Å². The van der Waals surface area contributed by atoms with Gasteiger partial charge in [-0.05, 0) is 30.1 Å². The van der Waals surface area contributed by atoms with Gasteiger partial charge in [-0.2, -0.15) is 5.26 Å². The van der Waals surface area contributed by atoms with Gasteiger partial charge in [0.2, 0.25) is 5.91 Å². The molecule has 1 amide bonds. The summed E-state index contributed by atoms with van der Waals surface area (Å²) in [6.45, 7) is 1.48. The first kappa shape index (κ1) is 14.1. The van der Waals surface area contributed by atoms with Crippen molar-refractivity contribution in [2.75, 3.05) is 13.6 Å². The Morgan fingerprint density at radius 1 is 1.40 bits per heavy atom. The van der Waals surface area contributed by atoms with E-state index in [0.29, 0.717) is 13.0 Å². The zero-order chi connectivity index (χ0) is 14.4. The molecule has 0 spiro atoms. The topological polar surface area (TPSA) is 69.8 Å². The summed E-state index contributed by atoms with van der Waals surface area (Å²) in [5.41, 5.74) is 2.23. The fourth-order valence-electron chi connectivity index (χ4n) is 2.15. The summed E-state index contributed by atoms with van der Waals surface area (Å²) in [6, 6.07) is 10.2. The van der Waals surface area contributed by atoms with E-state index in [9.17, 15) is 4.79 Å². The van der Waals surface area contributed by atoms with Crippen LogP contribution in [0.1, 0.15) is 12.0 Å². The molecule has 0 saturated carbocycles. The molecule has 5 nitrogen and oxygen atoms in total. The van der Waals surface area contributed by atoms with E-state index >= 15 is 0 Å². The number of amides is 1. The van der Waals surface area contributed by atoms with Crippen molar-refractivity contribution in [2.24, 2.45) is 0 Å². The normalized spacial score (nSPS) is 10.4. The second-order valence-corrected chi connectivity index (χ2v) is 4.63. The fourth-order valence-corrected chi connectivity index (χ4v) is 2.15. The number of nitrogens with one attached hydrogen (secondary N) is 2. The van der Waals surface area contributed by atoms with Gasteiger partial charge in [0.25, 0.3) is 0 Å². The van der Waals surface area contributed by atoms with E-state index in [4.69, 9.17) is 5.26 Å². The zero-order valence-electron chi connectivity index (χ0n) is 11.5.